The van der Waals surface area contributed by atoms with E-state index >= 15 is 0 Å². The predicted molar refractivity (Wildman–Crippen MR) is 93.1 cm³/mol. The third kappa shape index (κ3) is 3.54. The molecule has 1 heterocycles. The summed E-state index contributed by atoms with van der Waals surface area (Å²) in [4.78, 5) is 4.58. The van der Waals surface area contributed by atoms with Crippen LogP contribution in [0.4, 0.5) is 10.3 Å². The molecular formula is C17H17BrFN3O. The van der Waals surface area contributed by atoms with Crippen molar-refractivity contribution in [1.82, 2.24) is 9.55 Å². The molecule has 0 spiro atoms. The van der Waals surface area contributed by atoms with Gasteiger partial charge in [0.05, 0.1) is 23.7 Å². The van der Waals surface area contributed by atoms with Crippen molar-refractivity contribution in [2.75, 3.05) is 11.9 Å². The minimum Gasteiger partial charge on any atom is -0.392 e. The number of hydrogen-bond donors (Lipinski definition) is 2. The molecule has 2 aromatic carbocycles. The molecule has 0 radical (unpaired) electrons. The molecule has 3 aromatic rings. The van der Waals surface area contributed by atoms with Gasteiger partial charge >= 0.3 is 0 Å². The van der Waals surface area contributed by atoms with E-state index in [4.69, 9.17) is 0 Å². The topological polar surface area (TPSA) is 50.1 Å². The lowest BCUT2D eigenvalue weighted by molar-refractivity contribution is 0.208. The first-order chi connectivity index (χ1) is 11.0. The van der Waals surface area contributed by atoms with Gasteiger partial charge in [0, 0.05) is 11.0 Å². The molecule has 0 aliphatic rings. The van der Waals surface area contributed by atoms with Crippen molar-refractivity contribution >= 4 is 32.9 Å². The van der Waals surface area contributed by atoms with E-state index in [1.54, 1.807) is 13.0 Å². The largest absolute Gasteiger partial charge is 0.392 e. The number of imidazole rings is 1. The molecule has 4 nitrogen and oxygen atoms in total. The molecular weight excluding hydrogens is 361 g/mol. The number of para-hydroxylation sites is 2. The molecule has 0 saturated carbocycles. The van der Waals surface area contributed by atoms with E-state index in [9.17, 15) is 9.50 Å². The standard InChI is InChI=1S/C17H17BrFN3O/c1-11(23)9-20-17-21-15-4-2-3-5-16(15)22(17)10-12-6-7-13(19)8-14(12)18/h2-8,11,23H,9-10H2,1H3,(H,20,21). The van der Waals surface area contributed by atoms with E-state index in [0.717, 1.165) is 21.1 Å². The van der Waals surface area contributed by atoms with Crippen LogP contribution in [0.2, 0.25) is 0 Å². The van der Waals surface area contributed by atoms with Gasteiger partial charge in [-0.25, -0.2) is 9.37 Å². The van der Waals surface area contributed by atoms with E-state index in [1.165, 1.54) is 12.1 Å². The Morgan fingerprint density at radius 2 is 2.09 bits per heavy atom. The summed E-state index contributed by atoms with van der Waals surface area (Å²) >= 11 is 3.41. The van der Waals surface area contributed by atoms with Gasteiger partial charge in [0.1, 0.15) is 5.82 Å². The van der Waals surface area contributed by atoms with Gasteiger partial charge in [0.2, 0.25) is 5.95 Å². The highest BCUT2D eigenvalue weighted by Gasteiger charge is 2.12. The van der Waals surface area contributed by atoms with Crippen molar-refractivity contribution in [2.24, 2.45) is 0 Å². The third-order valence-corrected chi connectivity index (χ3v) is 4.29. The van der Waals surface area contributed by atoms with Crippen LogP contribution in [-0.4, -0.2) is 27.3 Å². The van der Waals surface area contributed by atoms with Crippen LogP contribution in [-0.2, 0) is 6.54 Å². The summed E-state index contributed by atoms with van der Waals surface area (Å²) < 4.78 is 16.0. The Morgan fingerprint density at radius 1 is 1.30 bits per heavy atom. The number of nitrogens with one attached hydrogen (secondary N) is 1. The minimum absolute atomic E-state index is 0.274. The number of nitrogens with zero attached hydrogens (tertiary/aromatic N) is 2. The Bertz CT molecular complexity index is 832. The first-order valence-electron chi connectivity index (χ1n) is 7.35. The van der Waals surface area contributed by atoms with Crippen LogP contribution in [0.25, 0.3) is 11.0 Å². The highest BCUT2D eigenvalue weighted by atomic mass is 79.9. The van der Waals surface area contributed by atoms with Gasteiger partial charge in [0.25, 0.3) is 0 Å². The molecule has 0 fully saturated rings. The molecule has 0 bridgehead atoms. The Balaban J connectivity index is 2.01. The quantitative estimate of drug-likeness (QED) is 0.711. The maximum Gasteiger partial charge on any atom is 0.204 e. The van der Waals surface area contributed by atoms with E-state index in [1.807, 2.05) is 28.8 Å². The van der Waals surface area contributed by atoms with Crippen molar-refractivity contribution < 1.29 is 9.50 Å². The molecule has 0 amide bonds. The van der Waals surface area contributed by atoms with Gasteiger partial charge in [-0.15, -0.1) is 0 Å². The summed E-state index contributed by atoms with van der Waals surface area (Å²) in [6, 6.07) is 12.5. The van der Waals surface area contributed by atoms with Crippen LogP contribution in [0.3, 0.4) is 0 Å². The maximum absolute atomic E-state index is 13.3. The van der Waals surface area contributed by atoms with Crippen molar-refractivity contribution in [3.63, 3.8) is 0 Å². The van der Waals surface area contributed by atoms with Crippen LogP contribution in [0.15, 0.2) is 46.9 Å². The van der Waals surface area contributed by atoms with Gasteiger partial charge < -0.3 is 15.0 Å². The Labute approximate surface area is 142 Å². The second kappa shape index (κ2) is 6.68. The van der Waals surface area contributed by atoms with E-state index in [2.05, 4.69) is 26.2 Å². The zero-order valence-electron chi connectivity index (χ0n) is 12.6. The van der Waals surface area contributed by atoms with Crippen molar-refractivity contribution in [2.45, 2.75) is 19.6 Å². The fraction of sp³-hybridized carbons (Fsp3) is 0.235. The summed E-state index contributed by atoms with van der Waals surface area (Å²) in [5.74, 6) is 0.409. The number of anilines is 1. The summed E-state index contributed by atoms with van der Waals surface area (Å²) in [7, 11) is 0. The SMILES string of the molecule is CC(O)CNc1nc2ccccc2n1Cc1ccc(F)cc1Br. The van der Waals surface area contributed by atoms with Crippen LogP contribution in [0, 0.1) is 5.82 Å². The third-order valence-electron chi connectivity index (χ3n) is 3.55. The zero-order chi connectivity index (χ0) is 16.4. The van der Waals surface area contributed by atoms with Crippen LogP contribution < -0.4 is 5.32 Å². The number of benzene rings is 2. The summed E-state index contributed by atoms with van der Waals surface area (Å²) in [5.41, 5.74) is 2.81. The molecule has 0 saturated heterocycles. The lowest BCUT2D eigenvalue weighted by Crippen LogP contribution is -2.18. The molecule has 1 unspecified atom stereocenters. The van der Waals surface area contributed by atoms with Crippen molar-refractivity contribution in [3.8, 4) is 0 Å². The lowest BCUT2D eigenvalue weighted by atomic mass is 10.2. The fourth-order valence-corrected chi connectivity index (χ4v) is 2.91. The molecule has 2 N–H and O–H groups in total. The number of aromatic nitrogens is 2. The average molecular weight is 378 g/mol. The highest BCUT2D eigenvalue weighted by Crippen LogP contribution is 2.25. The molecule has 0 aliphatic carbocycles. The van der Waals surface area contributed by atoms with Gasteiger partial charge in [-0.05, 0) is 36.8 Å². The lowest BCUT2D eigenvalue weighted by Gasteiger charge is -2.13. The van der Waals surface area contributed by atoms with Crippen molar-refractivity contribution in [3.05, 3.63) is 58.3 Å². The van der Waals surface area contributed by atoms with Gasteiger partial charge in [-0.1, -0.05) is 34.1 Å². The number of rotatable bonds is 5. The average Bonchev–Trinajstić information content (AvgIpc) is 2.86. The second-order valence-corrected chi connectivity index (χ2v) is 6.33. The first kappa shape index (κ1) is 16.0. The molecule has 6 heteroatoms. The normalized spacial score (nSPS) is 12.5. The number of fused-ring (bicyclic) bond motifs is 1. The summed E-state index contributed by atoms with van der Waals surface area (Å²) in [6.07, 6.45) is -0.471. The molecule has 0 aliphatic heterocycles. The van der Waals surface area contributed by atoms with Gasteiger partial charge in [0.15, 0.2) is 0 Å². The molecule has 3 rings (SSSR count). The van der Waals surface area contributed by atoms with Gasteiger partial charge in [-0.2, -0.15) is 0 Å². The Morgan fingerprint density at radius 3 is 2.83 bits per heavy atom. The Hall–Kier alpha value is -1.92. The number of halogens is 2. The van der Waals surface area contributed by atoms with E-state index in [0.29, 0.717) is 19.0 Å². The Kier molecular flexibility index (Phi) is 4.63. The second-order valence-electron chi connectivity index (χ2n) is 5.48. The predicted octanol–water partition coefficient (Wildman–Crippen LogP) is 3.78. The molecule has 120 valence electrons. The fourth-order valence-electron chi connectivity index (χ4n) is 2.43. The van der Waals surface area contributed by atoms with Crippen LogP contribution in [0.1, 0.15) is 12.5 Å². The number of hydrogen-bond acceptors (Lipinski definition) is 3. The van der Waals surface area contributed by atoms with E-state index < -0.39 is 6.10 Å². The number of aliphatic hydroxyl groups is 1. The van der Waals surface area contributed by atoms with Crippen molar-refractivity contribution in [1.29, 1.82) is 0 Å². The zero-order valence-corrected chi connectivity index (χ0v) is 14.2. The van der Waals surface area contributed by atoms with E-state index in [-0.39, 0.29) is 5.82 Å². The maximum atomic E-state index is 13.3. The highest BCUT2D eigenvalue weighted by molar-refractivity contribution is 9.10. The molecule has 23 heavy (non-hydrogen) atoms. The molecule has 1 aromatic heterocycles. The van der Waals surface area contributed by atoms with Gasteiger partial charge in [-0.3, -0.25) is 0 Å². The summed E-state index contributed by atoms with van der Waals surface area (Å²) in [6.45, 7) is 2.67. The smallest absolute Gasteiger partial charge is 0.204 e. The van der Waals surface area contributed by atoms with Crippen LogP contribution >= 0.6 is 15.9 Å². The molecule has 1 atom stereocenters. The first-order valence-corrected chi connectivity index (χ1v) is 8.15. The summed E-state index contributed by atoms with van der Waals surface area (Å²) in [5, 5.41) is 12.7. The minimum atomic E-state index is -0.471. The monoisotopic (exact) mass is 377 g/mol. The van der Waals surface area contributed by atoms with Crippen LogP contribution in [0.5, 0.6) is 0 Å². The number of aliphatic hydroxyl groups excluding tert-OH is 1.